The van der Waals surface area contributed by atoms with Gasteiger partial charge in [-0.2, -0.15) is 0 Å². The number of methoxy groups -OCH3 is 1. The Bertz CT molecular complexity index is 665. The van der Waals surface area contributed by atoms with Crippen LogP contribution in [0.5, 0.6) is 5.75 Å². The molecule has 0 fully saturated rings. The molecule has 1 heterocycles. The predicted octanol–water partition coefficient (Wildman–Crippen LogP) is 5.02. The van der Waals surface area contributed by atoms with Crippen LogP contribution >= 0.6 is 43.5 Å². The lowest BCUT2D eigenvalue weighted by atomic mass is 10.2. The summed E-state index contributed by atoms with van der Waals surface area (Å²) in [7, 11) is 1.62. The zero-order valence-electron chi connectivity index (χ0n) is 11.1. The fourth-order valence-corrected chi connectivity index (χ4v) is 3.09. The Hall–Kier alpha value is -0.850. The van der Waals surface area contributed by atoms with Crippen LogP contribution in [0.1, 0.15) is 11.4 Å². The van der Waals surface area contributed by atoms with Crippen LogP contribution in [0.25, 0.3) is 0 Å². The van der Waals surface area contributed by atoms with Crippen molar-refractivity contribution in [1.29, 1.82) is 0 Å². The highest BCUT2D eigenvalue weighted by atomic mass is 79.9. The largest absolute Gasteiger partial charge is 0.495 e. The maximum Gasteiger partial charge on any atom is 0.138 e. The van der Waals surface area contributed by atoms with Crippen molar-refractivity contribution in [2.24, 2.45) is 0 Å². The van der Waals surface area contributed by atoms with Crippen LogP contribution in [0.2, 0.25) is 5.15 Å². The van der Waals surface area contributed by atoms with Crippen molar-refractivity contribution in [3.63, 3.8) is 0 Å². The number of hydrogen-bond acceptors (Lipinski definition) is 4. The fourth-order valence-electron chi connectivity index (χ4n) is 1.62. The summed E-state index contributed by atoms with van der Waals surface area (Å²) in [4.78, 5) is 8.48. The van der Waals surface area contributed by atoms with E-state index in [0.29, 0.717) is 16.8 Å². The number of aromatic nitrogens is 2. The summed E-state index contributed by atoms with van der Waals surface area (Å²) in [5, 5.41) is 3.69. The molecule has 4 nitrogen and oxygen atoms in total. The Morgan fingerprint density at radius 1 is 1.15 bits per heavy atom. The first kappa shape index (κ1) is 15.5. The standard InChI is InChI=1S/C13H12Br2ClN3O/c1-6-12(16)17-7(2)18-13(6)19-10-5-11(20-3)9(15)4-8(10)14/h4-5H,1-3H3,(H,17,18,19). The van der Waals surface area contributed by atoms with Crippen LogP contribution in [-0.4, -0.2) is 17.1 Å². The van der Waals surface area contributed by atoms with E-state index in [1.165, 1.54) is 0 Å². The van der Waals surface area contributed by atoms with Crippen molar-refractivity contribution in [3.05, 3.63) is 37.6 Å². The van der Waals surface area contributed by atoms with Gasteiger partial charge >= 0.3 is 0 Å². The van der Waals surface area contributed by atoms with Gasteiger partial charge in [0.2, 0.25) is 0 Å². The quantitative estimate of drug-likeness (QED) is 0.707. The molecule has 2 rings (SSSR count). The molecular weight excluding hydrogens is 409 g/mol. The molecule has 7 heteroatoms. The monoisotopic (exact) mass is 419 g/mol. The van der Waals surface area contributed by atoms with E-state index < -0.39 is 0 Å². The molecule has 106 valence electrons. The summed E-state index contributed by atoms with van der Waals surface area (Å²) in [5.41, 5.74) is 1.63. The zero-order valence-corrected chi connectivity index (χ0v) is 15.0. The third-order valence-electron chi connectivity index (χ3n) is 2.69. The second-order valence-electron chi connectivity index (χ2n) is 4.13. The molecule has 0 spiro atoms. The van der Waals surface area contributed by atoms with Crippen LogP contribution in [0.3, 0.4) is 0 Å². The Morgan fingerprint density at radius 2 is 1.85 bits per heavy atom. The minimum Gasteiger partial charge on any atom is -0.495 e. The SMILES string of the molecule is COc1cc(Nc2nc(C)nc(Cl)c2C)c(Br)cc1Br. The van der Waals surface area contributed by atoms with Gasteiger partial charge in [-0.05, 0) is 51.8 Å². The second kappa shape index (κ2) is 6.28. The van der Waals surface area contributed by atoms with Crippen LogP contribution in [-0.2, 0) is 0 Å². The van der Waals surface area contributed by atoms with Gasteiger partial charge < -0.3 is 10.1 Å². The Balaban J connectivity index is 2.45. The number of nitrogens with zero attached hydrogens (tertiary/aromatic N) is 2. The summed E-state index contributed by atoms with van der Waals surface area (Å²) in [5.74, 6) is 2.01. The Kier molecular flexibility index (Phi) is 4.88. The van der Waals surface area contributed by atoms with Crippen molar-refractivity contribution in [3.8, 4) is 5.75 Å². The van der Waals surface area contributed by atoms with Gasteiger partial charge in [0.15, 0.2) is 0 Å². The van der Waals surface area contributed by atoms with Gasteiger partial charge in [0, 0.05) is 16.1 Å². The lowest BCUT2D eigenvalue weighted by molar-refractivity contribution is 0.412. The van der Waals surface area contributed by atoms with Crippen LogP contribution < -0.4 is 10.1 Å². The first-order valence-corrected chi connectivity index (χ1v) is 7.69. The highest BCUT2D eigenvalue weighted by molar-refractivity contribution is 9.11. The first-order valence-electron chi connectivity index (χ1n) is 5.73. The lowest BCUT2D eigenvalue weighted by Crippen LogP contribution is -2.02. The molecule has 0 aliphatic rings. The third-order valence-corrected chi connectivity index (χ3v) is 4.34. The predicted molar refractivity (Wildman–Crippen MR) is 88.2 cm³/mol. The number of nitrogens with one attached hydrogen (secondary N) is 1. The van der Waals surface area contributed by atoms with Gasteiger partial charge in [0.25, 0.3) is 0 Å². The van der Waals surface area contributed by atoms with Gasteiger partial charge in [-0.25, -0.2) is 9.97 Å². The summed E-state index contributed by atoms with van der Waals surface area (Å²) in [6.45, 7) is 3.67. The maximum atomic E-state index is 6.07. The second-order valence-corrected chi connectivity index (χ2v) is 6.19. The maximum absolute atomic E-state index is 6.07. The molecule has 0 saturated carbocycles. The van der Waals surface area contributed by atoms with E-state index >= 15 is 0 Å². The molecule has 1 aromatic carbocycles. The number of ether oxygens (including phenoxy) is 1. The number of anilines is 2. The molecule has 0 amide bonds. The van der Waals surface area contributed by atoms with Gasteiger partial charge in [-0.1, -0.05) is 11.6 Å². The fraction of sp³-hybridized carbons (Fsp3) is 0.231. The van der Waals surface area contributed by atoms with Gasteiger partial charge in [0.05, 0.1) is 17.3 Å². The van der Waals surface area contributed by atoms with E-state index in [9.17, 15) is 0 Å². The molecule has 0 aliphatic carbocycles. The van der Waals surface area contributed by atoms with Gasteiger partial charge in [-0.15, -0.1) is 0 Å². The lowest BCUT2D eigenvalue weighted by Gasteiger charge is -2.13. The van der Waals surface area contributed by atoms with E-state index in [0.717, 1.165) is 25.9 Å². The normalized spacial score (nSPS) is 10.5. The number of aryl methyl sites for hydroxylation is 1. The van der Waals surface area contributed by atoms with Gasteiger partial charge in [0.1, 0.15) is 22.5 Å². The van der Waals surface area contributed by atoms with Crippen molar-refractivity contribution in [2.45, 2.75) is 13.8 Å². The number of halogens is 3. The van der Waals surface area contributed by atoms with Crippen molar-refractivity contribution >= 4 is 55.0 Å². The van der Waals surface area contributed by atoms with E-state index in [4.69, 9.17) is 16.3 Å². The third kappa shape index (κ3) is 3.24. The summed E-state index contributed by atoms with van der Waals surface area (Å²) < 4.78 is 7.04. The Morgan fingerprint density at radius 3 is 2.50 bits per heavy atom. The average Bonchev–Trinajstić information content (AvgIpc) is 2.38. The molecule has 0 saturated heterocycles. The summed E-state index contributed by atoms with van der Waals surface area (Å²) in [6, 6.07) is 3.78. The molecule has 1 N–H and O–H groups in total. The molecule has 0 atom stereocenters. The van der Waals surface area contributed by atoms with Crippen molar-refractivity contribution in [2.75, 3.05) is 12.4 Å². The van der Waals surface area contributed by atoms with E-state index in [1.54, 1.807) is 14.0 Å². The van der Waals surface area contributed by atoms with Gasteiger partial charge in [-0.3, -0.25) is 0 Å². The average molecular weight is 422 g/mol. The zero-order chi connectivity index (χ0) is 14.9. The molecule has 0 bridgehead atoms. The minimum atomic E-state index is 0.445. The van der Waals surface area contributed by atoms with E-state index in [1.807, 2.05) is 19.1 Å². The molecule has 0 unspecified atom stereocenters. The van der Waals surface area contributed by atoms with Crippen LogP contribution in [0.4, 0.5) is 11.5 Å². The highest BCUT2D eigenvalue weighted by Gasteiger charge is 2.11. The highest BCUT2D eigenvalue weighted by Crippen LogP contribution is 2.36. The summed E-state index contributed by atoms with van der Waals surface area (Å²) >= 11 is 13.0. The topological polar surface area (TPSA) is 47.0 Å². The molecular formula is C13H12Br2ClN3O. The summed E-state index contributed by atoms with van der Waals surface area (Å²) in [6.07, 6.45) is 0. The smallest absolute Gasteiger partial charge is 0.138 e. The molecule has 1 aromatic heterocycles. The molecule has 0 radical (unpaired) electrons. The number of benzene rings is 1. The number of hydrogen-bond donors (Lipinski definition) is 1. The van der Waals surface area contributed by atoms with Crippen molar-refractivity contribution in [1.82, 2.24) is 9.97 Å². The molecule has 2 aromatic rings. The van der Waals surface area contributed by atoms with E-state index in [-0.39, 0.29) is 0 Å². The minimum absolute atomic E-state index is 0.445. The van der Waals surface area contributed by atoms with Crippen LogP contribution in [0, 0.1) is 13.8 Å². The number of rotatable bonds is 3. The van der Waals surface area contributed by atoms with E-state index in [2.05, 4.69) is 47.1 Å². The first-order chi connectivity index (χ1) is 9.42. The van der Waals surface area contributed by atoms with Crippen LogP contribution in [0.15, 0.2) is 21.1 Å². The molecule has 0 aliphatic heterocycles. The van der Waals surface area contributed by atoms with Crippen molar-refractivity contribution < 1.29 is 4.74 Å². The molecule has 20 heavy (non-hydrogen) atoms. The Labute approximate surface area is 139 Å².